The summed E-state index contributed by atoms with van der Waals surface area (Å²) in [5, 5.41) is 0. The highest BCUT2D eigenvalue weighted by Crippen LogP contribution is 2.23. The van der Waals surface area contributed by atoms with Crippen LogP contribution in [0.1, 0.15) is 24.0 Å². The van der Waals surface area contributed by atoms with Crippen LogP contribution in [0.3, 0.4) is 0 Å². The lowest BCUT2D eigenvalue weighted by Crippen LogP contribution is -2.29. The second kappa shape index (κ2) is 6.87. The van der Waals surface area contributed by atoms with Gasteiger partial charge in [0.2, 0.25) is 0 Å². The smallest absolute Gasteiger partial charge is 0.0947 e. The van der Waals surface area contributed by atoms with Crippen molar-refractivity contribution in [2.45, 2.75) is 38.0 Å². The molecule has 3 heterocycles. The summed E-state index contributed by atoms with van der Waals surface area (Å²) in [4.78, 5) is 6.35. The summed E-state index contributed by atoms with van der Waals surface area (Å²) in [6.07, 6.45) is 11.2. The van der Waals surface area contributed by atoms with Crippen LogP contribution in [0.15, 0.2) is 47.5 Å². The van der Waals surface area contributed by atoms with Gasteiger partial charge >= 0.3 is 0 Å². The molecule has 2 aromatic heterocycles. The van der Waals surface area contributed by atoms with Gasteiger partial charge in [0.15, 0.2) is 0 Å². The van der Waals surface area contributed by atoms with Gasteiger partial charge < -0.3 is 9.15 Å². The molecule has 3 rings (SSSR count). The lowest BCUT2D eigenvalue weighted by Gasteiger charge is -2.21. The highest BCUT2D eigenvalue weighted by molar-refractivity contribution is 5.11. The van der Waals surface area contributed by atoms with Gasteiger partial charge in [-0.2, -0.15) is 0 Å². The van der Waals surface area contributed by atoms with Gasteiger partial charge in [-0.05, 0) is 50.1 Å². The molecule has 0 amide bonds. The molecule has 2 atom stereocenters. The van der Waals surface area contributed by atoms with Crippen molar-refractivity contribution in [1.29, 1.82) is 0 Å². The zero-order valence-corrected chi connectivity index (χ0v) is 12.4. The number of ether oxygens (including phenoxy) is 1. The molecule has 21 heavy (non-hydrogen) atoms. The molecule has 0 saturated carbocycles. The van der Waals surface area contributed by atoms with E-state index in [9.17, 15) is 0 Å². The second-order valence-electron chi connectivity index (χ2n) is 5.85. The van der Waals surface area contributed by atoms with Crippen LogP contribution in [-0.4, -0.2) is 35.7 Å². The maximum atomic E-state index is 6.17. The van der Waals surface area contributed by atoms with Crippen LogP contribution < -0.4 is 0 Å². The number of pyridine rings is 1. The largest absolute Gasteiger partial charge is 0.472 e. The monoisotopic (exact) mass is 286 g/mol. The molecule has 0 spiro atoms. The Morgan fingerprint density at radius 1 is 1.14 bits per heavy atom. The van der Waals surface area contributed by atoms with Crippen molar-refractivity contribution in [3.8, 4) is 0 Å². The van der Waals surface area contributed by atoms with Gasteiger partial charge in [0.25, 0.3) is 0 Å². The summed E-state index contributed by atoms with van der Waals surface area (Å²) in [6, 6.07) is 6.15. The van der Waals surface area contributed by atoms with Gasteiger partial charge in [-0.3, -0.25) is 9.88 Å². The Labute approximate surface area is 125 Å². The van der Waals surface area contributed by atoms with E-state index < -0.39 is 0 Å². The Bertz CT molecular complexity index is 527. The lowest BCUT2D eigenvalue weighted by atomic mass is 10.1. The van der Waals surface area contributed by atoms with Gasteiger partial charge in [0.05, 0.1) is 24.7 Å². The van der Waals surface area contributed by atoms with Gasteiger partial charge in [-0.25, -0.2) is 0 Å². The Morgan fingerprint density at radius 2 is 1.95 bits per heavy atom. The molecule has 1 aliphatic heterocycles. The van der Waals surface area contributed by atoms with E-state index >= 15 is 0 Å². The molecular weight excluding hydrogens is 264 g/mol. The summed E-state index contributed by atoms with van der Waals surface area (Å²) in [5.41, 5.74) is 2.52. The zero-order valence-electron chi connectivity index (χ0n) is 12.4. The van der Waals surface area contributed by atoms with Crippen molar-refractivity contribution in [3.63, 3.8) is 0 Å². The summed E-state index contributed by atoms with van der Waals surface area (Å²) < 4.78 is 11.3. The molecule has 0 aliphatic carbocycles. The SMILES string of the molecule is CN(Cc1ccoc1)C[C@@H]1CC[C@H](Cc2ccncc2)O1. The van der Waals surface area contributed by atoms with Gasteiger partial charge in [-0.1, -0.05) is 0 Å². The minimum Gasteiger partial charge on any atom is -0.472 e. The molecule has 1 saturated heterocycles. The summed E-state index contributed by atoms with van der Waals surface area (Å²) in [5.74, 6) is 0. The van der Waals surface area contributed by atoms with E-state index in [2.05, 4.69) is 29.1 Å². The minimum absolute atomic E-state index is 0.341. The normalized spacial score (nSPS) is 22.0. The Kier molecular flexibility index (Phi) is 4.68. The topological polar surface area (TPSA) is 38.5 Å². The molecule has 1 fully saturated rings. The summed E-state index contributed by atoms with van der Waals surface area (Å²) >= 11 is 0. The van der Waals surface area contributed by atoms with Crippen LogP contribution in [-0.2, 0) is 17.7 Å². The lowest BCUT2D eigenvalue weighted by molar-refractivity contribution is 0.0267. The third-order valence-electron chi connectivity index (χ3n) is 3.96. The highest BCUT2D eigenvalue weighted by atomic mass is 16.5. The molecule has 112 valence electrons. The van der Waals surface area contributed by atoms with Crippen molar-refractivity contribution in [2.75, 3.05) is 13.6 Å². The fourth-order valence-electron chi connectivity index (χ4n) is 2.95. The fourth-order valence-corrected chi connectivity index (χ4v) is 2.95. The first-order valence-electron chi connectivity index (χ1n) is 7.53. The molecule has 0 radical (unpaired) electrons. The predicted molar refractivity (Wildman–Crippen MR) is 80.9 cm³/mol. The third kappa shape index (κ3) is 4.16. The second-order valence-corrected chi connectivity index (χ2v) is 5.85. The number of hydrogen-bond donors (Lipinski definition) is 0. The van der Waals surface area contributed by atoms with E-state index in [4.69, 9.17) is 9.15 Å². The molecule has 0 N–H and O–H groups in total. The Morgan fingerprint density at radius 3 is 2.71 bits per heavy atom. The Hall–Kier alpha value is -1.65. The molecule has 0 unspecified atom stereocenters. The zero-order chi connectivity index (χ0) is 14.5. The third-order valence-corrected chi connectivity index (χ3v) is 3.96. The maximum Gasteiger partial charge on any atom is 0.0947 e. The molecule has 4 nitrogen and oxygen atoms in total. The number of furan rings is 1. The highest BCUT2D eigenvalue weighted by Gasteiger charge is 2.26. The van der Waals surface area contributed by atoms with E-state index in [1.54, 1.807) is 12.5 Å². The number of aromatic nitrogens is 1. The Balaban J connectivity index is 1.44. The standard InChI is InChI=1S/C17H22N2O2/c1-19(11-15-6-9-20-13-15)12-17-3-2-16(21-17)10-14-4-7-18-8-5-14/h4-9,13,16-17H,2-3,10-12H2,1H3/t16-,17+/m1/s1. The van der Waals surface area contributed by atoms with Crippen molar-refractivity contribution in [2.24, 2.45) is 0 Å². The van der Waals surface area contributed by atoms with Crippen LogP contribution in [0, 0.1) is 0 Å². The summed E-state index contributed by atoms with van der Waals surface area (Å²) in [6.45, 7) is 1.88. The number of rotatable bonds is 6. The van der Waals surface area contributed by atoms with Gasteiger partial charge in [0.1, 0.15) is 0 Å². The minimum atomic E-state index is 0.341. The molecule has 1 aliphatic rings. The average molecular weight is 286 g/mol. The molecular formula is C17H22N2O2. The van der Waals surface area contributed by atoms with Crippen LogP contribution in [0.25, 0.3) is 0 Å². The first kappa shape index (κ1) is 14.3. The maximum absolute atomic E-state index is 6.17. The van der Waals surface area contributed by atoms with Crippen LogP contribution in [0.2, 0.25) is 0 Å². The number of nitrogens with zero attached hydrogens (tertiary/aromatic N) is 2. The quantitative estimate of drug-likeness (QED) is 0.818. The fraction of sp³-hybridized carbons (Fsp3) is 0.471. The van der Waals surface area contributed by atoms with Gasteiger partial charge in [0, 0.05) is 31.0 Å². The molecule has 0 aromatic carbocycles. The van der Waals surface area contributed by atoms with Crippen molar-refractivity contribution < 1.29 is 9.15 Å². The first-order chi connectivity index (χ1) is 10.3. The van der Waals surface area contributed by atoms with Crippen LogP contribution >= 0.6 is 0 Å². The van der Waals surface area contributed by atoms with Crippen LogP contribution in [0.4, 0.5) is 0 Å². The molecule has 0 bridgehead atoms. The van der Waals surface area contributed by atoms with Crippen molar-refractivity contribution in [1.82, 2.24) is 9.88 Å². The first-order valence-corrected chi connectivity index (χ1v) is 7.53. The summed E-state index contributed by atoms with van der Waals surface area (Å²) in [7, 11) is 2.13. The number of hydrogen-bond acceptors (Lipinski definition) is 4. The average Bonchev–Trinajstić information content (AvgIpc) is 3.12. The molecule has 4 heteroatoms. The van der Waals surface area contributed by atoms with E-state index in [0.29, 0.717) is 12.2 Å². The molecule has 2 aromatic rings. The van der Waals surface area contributed by atoms with E-state index in [0.717, 1.165) is 32.4 Å². The van der Waals surface area contributed by atoms with Crippen molar-refractivity contribution in [3.05, 3.63) is 54.2 Å². The van der Waals surface area contributed by atoms with Crippen LogP contribution in [0.5, 0.6) is 0 Å². The van der Waals surface area contributed by atoms with E-state index in [1.807, 2.05) is 18.5 Å². The van der Waals surface area contributed by atoms with E-state index in [1.165, 1.54) is 11.1 Å². The number of likely N-dealkylation sites (N-methyl/N-ethyl adjacent to an activating group) is 1. The van der Waals surface area contributed by atoms with Gasteiger partial charge in [-0.15, -0.1) is 0 Å². The predicted octanol–water partition coefficient (Wildman–Crippen LogP) is 2.90. The van der Waals surface area contributed by atoms with Crippen molar-refractivity contribution >= 4 is 0 Å². The van der Waals surface area contributed by atoms with E-state index in [-0.39, 0.29) is 0 Å².